The smallest absolute Gasteiger partial charge is 0.269 e. The van der Waals surface area contributed by atoms with E-state index >= 15 is 0 Å². The Morgan fingerprint density at radius 1 is 1.03 bits per heavy atom. The number of nitrogens with zero attached hydrogens (tertiary/aromatic N) is 3. The third-order valence-corrected chi connectivity index (χ3v) is 6.27. The van der Waals surface area contributed by atoms with Crippen molar-refractivity contribution in [3.8, 4) is 0 Å². The van der Waals surface area contributed by atoms with Gasteiger partial charge in [0.15, 0.2) is 0 Å². The van der Waals surface area contributed by atoms with Gasteiger partial charge in [-0.2, -0.15) is 0 Å². The van der Waals surface area contributed by atoms with Crippen LogP contribution in [0.25, 0.3) is 5.70 Å². The van der Waals surface area contributed by atoms with Crippen molar-refractivity contribution in [1.82, 2.24) is 20.7 Å². The van der Waals surface area contributed by atoms with Gasteiger partial charge < -0.3 is 5.32 Å². The van der Waals surface area contributed by atoms with Gasteiger partial charge in [-0.25, -0.2) is 5.43 Å². The van der Waals surface area contributed by atoms with Crippen molar-refractivity contribution in [3.05, 3.63) is 111 Å². The molecule has 2 aliphatic heterocycles. The Kier molecular flexibility index (Phi) is 5.53. The van der Waals surface area contributed by atoms with Crippen LogP contribution in [0.3, 0.4) is 0 Å². The van der Waals surface area contributed by atoms with Gasteiger partial charge in [0, 0.05) is 53.3 Å². The molecule has 8 nitrogen and oxygen atoms in total. The van der Waals surface area contributed by atoms with Crippen LogP contribution < -0.4 is 10.7 Å². The number of nitrogens with one attached hydrogen (secondary N) is 2. The lowest BCUT2D eigenvalue weighted by Gasteiger charge is -2.33. The van der Waals surface area contributed by atoms with E-state index in [1.54, 1.807) is 29.5 Å². The topological polar surface area (TPSA) is 100 Å². The van der Waals surface area contributed by atoms with Gasteiger partial charge >= 0.3 is 0 Å². The molecule has 5 rings (SSSR count). The van der Waals surface area contributed by atoms with Crippen molar-refractivity contribution in [2.45, 2.75) is 24.5 Å². The molecular weight excluding hydrogens is 442 g/mol. The highest BCUT2D eigenvalue weighted by Crippen LogP contribution is 2.36. The molecule has 0 saturated carbocycles. The van der Waals surface area contributed by atoms with Crippen molar-refractivity contribution in [1.29, 1.82) is 0 Å². The Morgan fingerprint density at radius 3 is 2.39 bits per heavy atom. The van der Waals surface area contributed by atoms with Crippen molar-refractivity contribution >= 4 is 28.9 Å². The molecule has 2 N–H and O–H groups in total. The number of amides is 1. The van der Waals surface area contributed by atoms with Crippen LogP contribution in [-0.4, -0.2) is 33.0 Å². The van der Waals surface area contributed by atoms with Crippen LogP contribution in [0.2, 0.25) is 5.02 Å². The van der Waals surface area contributed by atoms with Crippen molar-refractivity contribution in [2.24, 2.45) is 0 Å². The minimum Gasteiger partial charge on any atom is -0.363 e. The number of halogens is 1. The summed E-state index contributed by atoms with van der Waals surface area (Å²) in [5, 5.41) is 16.7. The van der Waals surface area contributed by atoms with Crippen LogP contribution in [-0.2, 0) is 11.2 Å². The third kappa shape index (κ3) is 4.18. The van der Waals surface area contributed by atoms with E-state index in [1.807, 2.05) is 36.4 Å². The molecule has 3 unspecified atom stereocenters. The van der Waals surface area contributed by atoms with Gasteiger partial charge in [0.2, 0.25) is 0 Å². The van der Waals surface area contributed by atoms with E-state index in [-0.39, 0.29) is 29.7 Å². The first-order valence-corrected chi connectivity index (χ1v) is 10.8. The highest BCUT2D eigenvalue weighted by Gasteiger charge is 2.46. The second kappa shape index (κ2) is 8.65. The lowest BCUT2D eigenvalue weighted by atomic mass is 9.86. The van der Waals surface area contributed by atoms with E-state index in [0.717, 1.165) is 11.1 Å². The highest BCUT2D eigenvalue weighted by molar-refractivity contribution is 6.30. The normalized spacial score (nSPS) is 21.8. The average Bonchev–Trinajstić information content (AvgIpc) is 3.19. The summed E-state index contributed by atoms with van der Waals surface area (Å²) in [6.07, 6.45) is 5.38. The molecule has 1 amide bonds. The SMILES string of the molecule is O=C1C=C(c2ccc([N+](=O)[O-])cc2)NC2C(c3ccc(Cl)cc3)C(Cc3ccncc3)NN12. The number of hydrazine groups is 1. The van der Waals surface area contributed by atoms with Gasteiger partial charge in [0.25, 0.3) is 11.6 Å². The second-order valence-corrected chi connectivity index (χ2v) is 8.47. The summed E-state index contributed by atoms with van der Waals surface area (Å²) in [5.74, 6) is -0.246. The van der Waals surface area contributed by atoms with Crippen molar-refractivity contribution in [2.75, 3.05) is 0 Å². The average molecular weight is 462 g/mol. The van der Waals surface area contributed by atoms with Crippen LogP contribution in [0.5, 0.6) is 0 Å². The second-order valence-electron chi connectivity index (χ2n) is 8.03. The van der Waals surface area contributed by atoms with Gasteiger partial charge in [-0.15, -0.1) is 0 Å². The Morgan fingerprint density at radius 2 is 1.73 bits per heavy atom. The minimum absolute atomic E-state index is 0.00195. The quantitative estimate of drug-likeness (QED) is 0.444. The molecule has 1 saturated heterocycles. The third-order valence-electron chi connectivity index (χ3n) is 6.01. The number of rotatable bonds is 5. The van der Waals surface area contributed by atoms with E-state index in [2.05, 4.69) is 15.7 Å². The largest absolute Gasteiger partial charge is 0.363 e. The van der Waals surface area contributed by atoms with Gasteiger partial charge in [-0.05, 0) is 59.5 Å². The maximum Gasteiger partial charge on any atom is 0.269 e. The summed E-state index contributed by atoms with van der Waals surface area (Å²) in [4.78, 5) is 27.7. The van der Waals surface area contributed by atoms with Crippen molar-refractivity contribution < 1.29 is 9.72 Å². The molecule has 3 heterocycles. The number of non-ortho nitro benzene ring substituents is 1. The number of pyridine rings is 1. The van der Waals surface area contributed by atoms with Gasteiger partial charge in [-0.1, -0.05) is 23.7 Å². The van der Waals surface area contributed by atoms with Gasteiger partial charge in [0.05, 0.1) is 4.92 Å². The van der Waals surface area contributed by atoms with Crippen LogP contribution in [0.4, 0.5) is 5.69 Å². The Balaban J connectivity index is 1.48. The molecule has 0 aliphatic carbocycles. The number of fused-ring (bicyclic) bond motifs is 1. The molecular formula is C24H20ClN5O3. The molecule has 1 fully saturated rings. The molecule has 2 aromatic carbocycles. The molecule has 0 radical (unpaired) electrons. The molecule has 9 heteroatoms. The lowest BCUT2D eigenvalue weighted by Crippen LogP contribution is -2.52. The zero-order valence-electron chi connectivity index (χ0n) is 17.4. The zero-order valence-corrected chi connectivity index (χ0v) is 18.1. The van der Waals surface area contributed by atoms with Crippen LogP contribution in [0.1, 0.15) is 22.6 Å². The predicted molar refractivity (Wildman–Crippen MR) is 124 cm³/mol. The summed E-state index contributed by atoms with van der Waals surface area (Å²) in [6, 6.07) is 17.7. The number of carbonyl (C=O) groups excluding carboxylic acids is 1. The first-order chi connectivity index (χ1) is 16.0. The summed E-state index contributed by atoms with van der Waals surface area (Å²) < 4.78 is 0. The fourth-order valence-electron chi connectivity index (χ4n) is 4.44. The number of carbonyl (C=O) groups is 1. The van der Waals surface area contributed by atoms with Gasteiger partial charge in [0.1, 0.15) is 6.17 Å². The highest BCUT2D eigenvalue weighted by atomic mass is 35.5. The van der Waals surface area contributed by atoms with Crippen molar-refractivity contribution in [3.63, 3.8) is 0 Å². The van der Waals surface area contributed by atoms with E-state index in [0.29, 0.717) is 22.7 Å². The lowest BCUT2D eigenvalue weighted by molar-refractivity contribution is -0.384. The molecule has 0 bridgehead atoms. The van der Waals surface area contributed by atoms with E-state index < -0.39 is 4.92 Å². The molecule has 166 valence electrons. The monoisotopic (exact) mass is 461 g/mol. The summed E-state index contributed by atoms with van der Waals surface area (Å²) in [7, 11) is 0. The van der Waals surface area contributed by atoms with Crippen LogP contribution in [0.15, 0.2) is 79.1 Å². The first-order valence-electron chi connectivity index (χ1n) is 10.5. The van der Waals surface area contributed by atoms with E-state index in [9.17, 15) is 14.9 Å². The maximum atomic E-state index is 13.1. The number of aromatic nitrogens is 1. The van der Waals surface area contributed by atoms with Gasteiger partial charge in [-0.3, -0.25) is 24.9 Å². The first kappa shape index (κ1) is 21.1. The predicted octanol–water partition coefficient (Wildman–Crippen LogP) is 3.66. The molecule has 2 aliphatic rings. The fraction of sp³-hybridized carbons (Fsp3) is 0.167. The van der Waals surface area contributed by atoms with E-state index in [4.69, 9.17) is 11.6 Å². The number of hydrogen-bond acceptors (Lipinski definition) is 6. The van der Waals surface area contributed by atoms with Crippen LogP contribution >= 0.6 is 11.6 Å². The number of nitro groups is 1. The zero-order chi connectivity index (χ0) is 22.9. The Hall–Kier alpha value is -3.75. The molecule has 3 atom stereocenters. The van der Waals surface area contributed by atoms with E-state index in [1.165, 1.54) is 18.2 Å². The summed E-state index contributed by atoms with van der Waals surface area (Å²) in [5.41, 5.74) is 6.88. The number of nitro benzene ring substituents is 1. The summed E-state index contributed by atoms with van der Waals surface area (Å²) in [6.45, 7) is 0. The Bertz CT molecular complexity index is 1220. The molecule has 0 spiro atoms. The molecule has 1 aromatic heterocycles. The number of hydrogen-bond donors (Lipinski definition) is 2. The minimum atomic E-state index is -0.444. The standard InChI is InChI=1S/C24H20ClN5O3/c25-18-5-1-17(2-6-18)23-21(13-15-9-11-26-12-10-15)28-29-22(31)14-20(27-24(23)29)16-3-7-19(8-4-16)30(32)33/h1-12,14,21,23-24,27-28H,13H2. The summed E-state index contributed by atoms with van der Waals surface area (Å²) >= 11 is 6.12. The molecule has 3 aromatic rings. The maximum absolute atomic E-state index is 13.1. The Labute approximate surface area is 195 Å². The van der Waals surface area contributed by atoms with Crippen LogP contribution in [0, 0.1) is 10.1 Å². The molecule has 33 heavy (non-hydrogen) atoms. The fourth-order valence-corrected chi connectivity index (χ4v) is 4.57. The number of benzene rings is 2.